The summed E-state index contributed by atoms with van der Waals surface area (Å²) in [5, 5.41) is 4.72. The maximum atomic E-state index is 4.59. The molecule has 0 saturated carbocycles. The van der Waals surface area contributed by atoms with Gasteiger partial charge in [0.05, 0.1) is 10.7 Å². The second-order valence-corrected chi connectivity index (χ2v) is 6.27. The maximum Gasteiger partial charge on any atom is 0.0900 e. The third-order valence-corrected chi connectivity index (χ3v) is 3.73. The molecule has 1 rings (SSSR count). The van der Waals surface area contributed by atoms with E-state index in [-0.39, 0.29) is 0 Å². The van der Waals surface area contributed by atoms with Crippen LogP contribution in [0.2, 0.25) is 0 Å². The molecule has 0 bridgehead atoms. The molecular formula is C13H25N3S. The number of nitrogens with one attached hydrogen (secondary N) is 1. The Labute approximate surface area is 109 Å². The number of thiazole rings is 1. The first kappa shape index (κ1) is 14.6. The van der Waals surface area contributed by atoms with Crippen molar-refractivity contribution in [1.29, 1.82) is 0 Å². The molecule has 98 valence electrons. The molecule has 1 heterocycles. The summed E-state index contributed by atoms with van der Waals surface area (Å²) in [5.41, 5.74) is 1.22. The Morgan fingerprint density at radius 1 is 1.29 bits per heavy atom. The normalized spacial score (nSPS) is 13.3. The zero-order valence-corrected chi connectivity index (χ0v) is 12.5. The summed E-state index contributed by atoms with van der Waals surface area (Å²) in [5.74, 6) is 0. The van der Waals surface area contributed by atoms with Crippen LogP contribution in [0.5, 0.6) is 0 Å². The molecule has 0 spiro atoms. The highest BCUT2D eigenvalue weighted by Crippen LogP contribution is 2.22. The van der Waals surface area contributed by atoms with E-state index in [1.54, 1.807) is 11.3 Å². The fourth-order valence-corrected chi connectivity index (χ4v) is 2.83. The average molecular weight is 255 g/mol. The van der Waals surface area contributed by atoms with Crippen molar-refractivity contribution in [2.24, 2.45) is 0 Å². The third-order valence-electron chi connectivity index (χ3n) is 2.83. The molecule has 17 heavy (non-hydrogen) atoms. The van der Waals surface area contributed by atoms with Gasteiger partial charge in [-0.1, -0.05) is 0 Å². The van der Waals surface area contributed by atoms with Crippen molar-refractivity contribution in [1.82, 2.24) is 15.2 Å². The summed E-state index contributed by atoms with van der Waals surface area (Å²) >= 11 is 1.79. The Morgan fingerprint density at radius 2 is 2.00 bits per heavy atom. The van der Waals surface area contributed by atoms with E-state index >= 15 is 0 Å². The maximum absolute atomic E-state index is 4.59. The summed E-state index contributed by atoms with van der Waals surface area (Å²) in [4.78, 5) is 8.16. The average Bonchev–Trinajstić information content (AvgIpc) is 2.56. The van der Waals surface area contributed by atoms with E-state index in [0.29, 0.717) is 6.04 Å². The molecule has 1 atom stereocenters. The summed E-state index contributed by atoms with van der Waals surface area (Å²) in [6, 6.07) is 0.374. The quantitative estimate of drug-likeness (QED) is 0.759. The van der Waals surface area contributed by atoms with Crippen molar-refractivity contribution in [2.45, 2.75) is 39.7 Å². The van der Waals surface area contributed by atoms with Gasteiger partial charge in [-0.15, -0.1) is 11.3 Å². The van der Waals surface area contributed by atoms with Crippen LogP contribution in [0.25, 0.3) is 0 Å². The van der Waals surface area contributed by atoms with Gasteiger partial charge in [-0.05, 0) is 60.8 Å². The standard InChI is InChI=1S/C13H25N3S/c1-10(13-11(2)17-12(3)15-13)14-8-6-7-9-16(4)5/h10,14H,6-9H2,1-5H3. The van der Waals surface area contributed by atoms with Crippen LogP contribution in [0, 0.1) is 13.8 Å². The van der Waals surface area contributed by atoms with Crippen molar-refractivity contribution < 1.29 is 0 Å². The molecule has 0 saturated heterocycles. The van der Waals surface area contributed by atoms with E-state index in [9.17, 15) is 0 Å². The molecule has 0 radical (unpaired) electrons. The Kier molecular flexibility index (Phi) is 6.09. The van der Waals surface area contributed by atoms with E-state index in [1.165, 1.54) is 35.0 Å². The van der Waals surface area contributed by atoms with Crippen LogP contribution in [0.1, 0.15) is 41.4 Å². The smallest absolute Gasteiger partial charge is 0.0900 e. The first-order valence-electron chi connectivity index (χ1n) is 6.32. The van der Waals surface area contributed by atoms with Gasteiger partial charge in [0.2, 0.25) is 0 Å². The minimum atomic E-state index is 0.374. The molecule has 3 nitrogen and oxygen atoms in total. The lowest BCUT2D eigenvalue weighted by Gasteiger charge is -2.13. The highest BCUT2D eigenvalue weighted by molar-refractivity contribution is 7.11. The van der Waals surface area contributed by atoms with E-state index in [4.69, 9.17) is 0 Å². The minimum Gasteiger partial charge on any atom is -0.309 e. The molecule has 1 N–H and O–H groups in total. The van der Waals surface area contributed by atoms with Crippen molar-refractivity contribution in [3.8, 4) is 0 Å². The minimum absolute atomic E-state index is 0.374. The van der Waals surface area contributed by atoms with Crippen LogP contribution >= 0.6 is 11.3 Å². The van der Waals surface area contributed by atoms with E-state index in [1.807, 2.05) is 0 Å². The SMILES string of the molecule is Cc1nc(C(C)NCCCCN(C)C)c(C)s1. The summed E-state index contributed by atoms with van der Waals surface area (Å²) < 4.78 is 0. The van der Waals surface area contributed by atoms with Gasteiger partial charge in [0.1, 0.15) is 0 Å². The molecule has 1 aromatic rings. The van der Waals surface area contributed by atoms with Gasteiger partial charge in [-0.2, -0.15) is 0 Å². The molecule has 0 aliphatic carbocycles. The highest BCUT2D eigenvalue weighted by atomic mass is 32.1. The zero-order valence-electron chi connectivity index (χ0n) is 11.7. The number of hydrogen-bond donors (Lipinski definition) is 1. The molecule has 0 aliphatic heterocycles. The number of hydrogen-bond acceptors (Lipinski definition) is 4. The Balaban J connectivity index is 2.25. The monoisotopic (exact) mass is 255 g/mol. The van der Waals surface area contributed by atoms with E-state index < -0.39 is 0 Å². The third kappa shape index (κ3) is 5.15. The fourth-order valence-electron chi connectivity index (χ4n) is 1.92. The molecular weight excluding hydrogens is 230 g/mol. The summed E-state index contributed by atoms with van der Waals surface area (Å²) in [6.45, 7) is 8.68. The number of rotatable bonds is 7. The van der Waals surface area contributed by atoms with Gasteiger partial charge in [0.25, 0.3) is 0 Å². The topological polar surface area (TPSA) is 28.2 Å². The lowest BCUT2D eigenvalue weighted by molar-refractivity contribution is 0.388. The first-order valence-corrected chi connectivity index (χ1v) is 7.14. The molecule has 1 unspecified atom stereocenters. The fraction of sp³-hybridized carbons (Fsp3) is 0.769. The molecule has 4 heteroatoms. The molecule has 0 aromatic carbocycles. The van der Waals surface area contributed by atoms with Crippen LogP contribution in [0.15, 0.2) is 0 Å². The lowest BCUT2D eigenvalue weighted by atomic mass is 10.2. The zero-order chi connectivity index (χ0) is 12.8. The predicted octanol–water partition coefficient (Wildman–Crippen LogP) is 2.75. The second kappa shape index (κ2) is 7.09. The Bertz CT molecular complexity index is 333. The van der Waals surface area contributed by atoms with Gasteiger partial charge < -0.3 is 10.2 Å². The van der Waals surface area contributed by atoms with Crippen LogP contribution < -0.4 is 5.32 Å². The van der Waals surface area contributed by atoms with Crippen LogP contribution in [0.3, 0.4) is 0 Å². The molecule has 1 aromatic heterocycles. The van der Waals surface area contributed by atoms with Crippen molar-refractivity contribution in [2.75, 3.05) is 27.2 Å². The van der Waals surface area contributed by atoms with Crippen molar-refractivity contribution in [3.63, 3.8) is 0 Å². The number of aromatic nitrogens is 1. The number of nitrogens with zero attached hydrogens (tertiary/aromatic N) is 2. The van der Waals surface area contributed by atoms with Crippen LogP contribution in [0.4, 0.5) is 0 Å². The Hall–Kier alpha value is -0.450. The molecule has 0 aliphatic rings. The van der Waals surface area contributed by atoms with Crippen LogP contribution in [-0.2, 0) is 0 Å². The molecule has 0 amide bonds. The number of unbranched alkanes of at least 4 members (excludes halogenated alkanes) is 1. The van der Waals surface area contributed by atoms with Gasteiger partial charge in [-0.3, -0.25) is 0 Å². The summed E-state index contributed by atoms with van der Waals surface area (Å²) in [7, 11) is 4.24. The lowest BCUT2D eigenvalue weighted by Crippen LogP contribution is -2.22. The Morgan fingerprint density at radius 3 is 2.53 bits per heavy atom. The van der Waals surface area contributed by atoms with Gasteiger partial charge in [0.15, 0.2) is 0 Å². The van der Waals surface area contributed by atoms with Crippen LogP contribution in [-0.4, -0.2) is 37.1 Å². The largest absolute Gasteiger partial charge is 0.309 e. The first-order chi connectivity index (χ1) is 8.00. The van der Waals surface area contributed by atoms with Gasteiger partial charge in [0, 0.05) is 10.9 Å². The second-order valence-electron chi connectivity index (χ2n) is 4.86. The van der Waals surface area contributed by atoms with Crippen molar-refractivity contribution >= 4 is 11.3 Å². The van der Waals surface area contributed by atoms with Crippen molar-refractivity contribution in [3.05, 3.63) is 15.6 Å². The van der Waals surface area contributed by atoms with E-state index in [2.05, 4.69) is 50.1 Å². The predicted molar refractivity (Wildman–Crippen MR) is 75.8 cm³/mol. The van der Waals surface area contributed by atoms with E-state index in [0.717, 1.165) is 6.54 Å². The van der Waals surface area contributed by atoms with Gasteiger partial charge in [-0.25, -0.2) is 4.98 Å². The summed E-state index contributed by atoms with van der Waals surface area (Å²) in [6.07, 6.45) is 2.48. The highest BCUT2D eigenvalue weighted by Gasteiger charge is 2.11. The molecule has 0 fully saturated rings. The number of aryl methyl sites for hydroxylation is 2. The van der Waals surface area contributed by atoms with Gasteiger partial charge >= 0.3 is 0 Å².